The van der Waals surface area contributed by atoms with Gasteiger partial charge in [0.1, 0.15) is 0 Å². The van der Waals surface area contributed by atoms with Crippen molar-refractivity contribution in [1.29, 1.82) is 5.26 Å². The molecule has 0 rings (SSSR count). The van der Waals surface area contributed by atoms with Crippen LogP contribution >= 0.6 is 0 Å². The van der Waals surface area contributed by atoms with Crippen molar-refractivity contribution in [3.8, 4) is 17.1 Å². The summed E-state index contributed by atoms with van der Waals surface area (Å²) in [6.45, 7) is 0. The van der Waals surface area contributed by atoms with Crippen LogP contribution in [-0.4, -0.2) is 12.5 Å². The number of thiocyanates is 1. The molecule has 0 amide bonds. The van der Waals surface area contributed by atoms with E-state index in [0.29, 0.717) is 0 Å². The number of nitrogens with zero attached hydrogens (tertiary/aromatic N) is 1. The normalized spacial score (nSPS) is 15.1. The lowest BCUT2D eigenvalue weighted by Gasteiger charge is -1.80. The van der Waals surface area contributed by atoms with Gasteiger partial charge in [-0.05, 0) is 0 Å². The summed E-state index contributed by atoms with van der Waals surface area (Å²) in [5.74, 6) is 0. The van der Waals surface area contributed by atoms with Crippen molar-refractivity contribution >= 4 is 22.4 Å². The Labute approximate surface area is 61.3 Å². The number of hydrogen-bond donors (Lipinski definition) is 0. The van der Waals surface area contributed by atoms with E-state index in [1.54, 1.807) is 12.5 Å². The monoisotopic (exact) mass is 161 g/mol. The fourth-order valence-corrected chi connectivity index (χ4v) is 1.69. The molecule has 0 heterocycles. The third kappa shape index (κ3) is 4.23. The molecule has 0 aliphatic rings. The molecule has 0 aromatic carbocycles. The van der Waals surface area contributed by atoms with Crippen LogP contribution in [-0.2, 0) is 26.0 Å². The van der Waals surface area contributed by atoms with E-state index in [2.05, 4.69) is 5.25 Å². The SMILES string of the molecule is C#C[S+](C)O[S+](C)C#N. The molecule has 4 heteroatoms. The first kappa shape index (κ1) is 8.71. The second-order valence-corrected chi connectivity index (χ2v) is 3.96. The summed E-state index contributed by atoms with van der Waals surface area (Å²) in [7, 11) is 0. The van der Waals surface area contributed by atoms with Gasteiger partial charge in [-0.15, -0.1) is 5.26 Å². The molecular formula is C5H7NOS2+2. The van der Waals surface area contributed by atoms with Gasteiger partial charge in [0, 0.05) is 0 Å². The fourth-order valence-electron chi connectivity index (χ4n) is 0.188. The molecule has 0 aromatic heterocycles. The van der Waals surface area contributed by atoms with E-state index in [-0.39, 0.29) is 0 Å². The van der Waals surface area contributed by atoms with Crippen molar-refractivity contribution in [3.05, 3.63) is 0 Å². The summed E-state index contributed by atoms with van der Waals surface area (Å²) in [6, 6.07) is 0. The third-order valence-corrected chi connectivity index (χ3v) is 2.72. The molecule has 0 aliphatic heterocycles. The summed E-state index contributed by atoms with van der Waals surface area (Å²) in [4.78, 5) is 0. The molecule has 2 unspecified atom stereocenters. The number of rotatable bonds is 2. The highest BCUT2D eigenvalue weighted by atomic mass is 32.3. The van der Waals surface area contributed by atoms with Gasteiger partial charge in [0.25, 0.3) is 11.2 Å². The Hall–Kier alpha value is -0.290. The van der Waals surface area contributed by atoms with Gasteiger partial charge < -0.3 is 0 Å². The van der Waals surface area contributed by atoms with Gasteiger partial charge in [0.15, 0.2) is 17.8 Å². The highest BCUT2D eigenvalue weighted by Crippen LogP contribution is 1.99. The molecule has 0 fully saturated rings. The largest absolute Gasteiger partial charge is 0.362 e. The lowest BCUT2D eigenvalue weighted by atomic mass is 11.4. The van der Waals surface area contributed by atoms with Crippen molar-refractivity contribution in [2.24, 2.45) is 0 Å². The Morgan fingerprint density at radius 2 is 2.00 bits per heavy atom. The Bertz CT molecular complexity index is 139. The van der Waals surface area contributed by atoms with Crippen LogP contribution in [0, 0.1) is 22.3 Å². The molecule has 48 valence electrons. The van der Waals surface area contributed by atoms with E-state index in [1.807, 2.05) is 5.40 Å². The quantitative estimate of drug-likeness (QED) is 0.334. The summed E-state index contributed by atoms with van der Waals surface area (Å²) >= 11 is -1.12. The van der Waals surface area contributed by atoms with Crippen LogP contribution in [0.15, 0.2) is 0 Å². The topological polar surface area (TPSA) is 33.0 Å². The van der Waals surface area contributed by atoms with Gasteiger partial charge in [0.2, 0.25) is 0 Å². The molecule has 0 saturated carbocycles. The van der Waals surface area contributed by atoms with Crippen LogP contribution in [0.4, 0.5) is 0 Å². The Morgan fingerprint density at radius 3 is 2.33 bits per heavy atom. The van der Waals surface area contributed by atoms with Gasteiger partial charge >= 0.3 is 16.6 Å². The predicted octanol–water partition coefficient (Wildman–Crippen LogP) is 0.401. The number of nitriles is 1. The Kier molecular flexibility index (Phi) is 4.43. The standard InChI is InChI=1S/C5H7NOS2/c1-4-8(2)7-9(3)5-6/h1H,2-3H3/q+2. The maximum atomic E-state index is 8.25. The first-order valence-electron chi connectivity index (χ1n) is 2.07. The van der Waals surface area contributed by atoms with E-state index in [1.165, 1.54) is 0 Å². The van der Waals surface area contributed by atoms with Gasteiger partial charge in [-0.3, -0.25) is 0 Å². The minimum Gasteiger partial charge on any atom is -0.132 e. The first-order valence-corrected chi connectivity index (χ1v) is 5.19. The third-order valence-electron chi connectivity index (χ3n) is 0.499. The van der Waals surface area contributed by atoms with E-state index in [9.17, 15) is 0 Å². The average Bonchev–Trinajstić information content (AvgIpc) is 1.87. The van der Waals surface area contributed by atoms with E-state index >= 15 is 0 Å². The molecule has 2 nitrogen and oxygen atoms in total. The van der Waals surface area contributed by atoms with Crippen LogP contribution in [0.25, 0.3) is 0 Å². The molecule has 0 aromatic rings. The Morgan fingerprint density at radius 1 is 1.44 bits per heavy atom. The highest BCUT2D eigenvalue weighted by molar-refractivity contribution is 8.08. The second-order valence-electron chi connectivity index (χ2n) is 1.19. The summed E-state index contributed by atoms with van der Waals surface area (Å²) in [6.07, 6.45) is 8.47. The molecule has 2 atom stereocenters. The fraction of sp³-hybridized carbons (Fsp3) is 0.400. The van der Waals surface area contributed by atoms with Gasteiger partial charge in [-0.25, -0.2) is 0 Å². The lowest BCUT2D eigenvalue weighted by Crippen LogP contribution is -2.06. The summed E-state index contributed by atoms with van der Waals surface area (Å²) in [5, 5.41) is 12.6. The van der Waals surface area contributed by atoms with Crippen molar-refractivity contribution < 1.29 is 3.63 Å². The summed E-state index contributed by atoms with van der Waals surface area (Å²) in [5.41, 5.74) is 0. The molecule has 0 saturated heterocycles. The zero-order valence-electron chi connectivity index (χ0n) is 5.25. The molecule has 9 heavy (non-hydrogen) atoms. The average molecular weight is 161 g/mol. The smallest absolute Gasteiger partial charge is 0.132 e. The maximum absolute atomic E-state index is 8.25. The second kappa shape index (κ2) is 4.58. The lowest BCUT2D eigenvalue weighted by molar-refractivity contribution is 0.740. The van der Waals surface area contributed by atoms with Crippen LogP contribution in [0.5, 0.6) is 0 Å². The maximum Gasteiger partial charge on any atom is 0.362 e. The highest BCUT2D eigenvalue weighted by Gasteiger charge is 2.25. The number of terminal acetylenes is 1. The van der Waals surface area contributed by atoms with Crippen LogP contribution < -0.4 is 0 Å². The van der Waals surface area contributed by atoms with Crippen LogP contribution in [0.3, 0.4) is 0 Å². The van der Waals surface area contributed by atoms with Gasteiger partial charge in [-0.1, -0.05) is 6.42 Å². The van der Waals surface area contributed by atoms with Crippen molar-refractivity contribution in [2.45, 2.75) is 0 Å². The zero-order chi connectivity index (χ0) is 7.28. The van der Waals surface area contributed by atoms with Crippen molar-refractivity contribution in [1.82, 2.24) is 0 Å². The molecular weight excluding hydrogens is 154 g/mol. The minimum absolute atomic E-state index is 0.489. The first-order chi connectivity index (χ1) is 4.20. The molecule has 0 spiro atoms. The Balaban J connectivity index is 3.53. The molecule has 0 bridgehead atoms. The van der Waals surface area contributed by atoms with Crippen molar-refractivity contribution in [3.63, 3.8) is 0 Å². The zero-order valence-corrected chi connectivity index (χ0v) is 6.88. The molecule has 0 N–H and O–H groups in total. The number of hydrogen-bond acceptors (Lipinski definition) is 2. The van der Waals surface area contributed by atoms with Gasteiger partial charge in [0.05, 0.1) is 3.63 Å². The van der Waals surface area contributed by atoms with Crippen LogP contribution in [0.1, 0.15) is 0 Å². The molecule has 0 radical (unpaired) electrons. The van der Waals surface area contributed by atoms with E-state index in [4.69, 9.17) is 15.3 Å². The predicted molar refractivity (Wildman–Crippen MR) is 42.1 cm³/mol. The van der Waals surface area contributed by atoms with Crippen molar-refractivity contribution in [2.75, 3.05) is 12.5 Å². The van der Waals surface area contributed by atoms with E-state index in [0.717, 1.165) is 0 Å². The molecule has 0 aliphatic carbocycles. The van der Waals surface area contributed by atoms with Crippen LogP contribution in [0.2, 0.25) is 0 Å². The van der Waals surface area contributed by atoms with Gasteiger partial charge in [-0.2, -0.15) is 0 Å². The van der Waals surface area contributed by atoms with E-state index < -0.39 is 22.4 Å². The summed E-state index contributed by atoms with van der Waals surface area (Å²) < 4.78 is 5.01. The minimum atomic E-state index is -0.632.